The summed E-state index contributed by atoms with van der Waals surface area (Å²) in [5.41, 5.74) is 3.36. The maximum absolute atomic E-state index is 13.0. The molecule has 21 heavy (non-hydrogen) atoms. The average molecular weight is 411 g/mol. The van der Waals surface area contributed by atoms with Gasteiger partial charge in [0.25, 0.3) is 5.91 Å². The van der Waals surface area contributed by atoms with Gasteiger partial charge in [0.1, 0.15) is 0 Å². The molecular formula is C17H18INOS. The fourth-order valence-electron chi connectivity index (χ4n) is 3.05. The van der Waals surface area contributed by atoms with Crippen LogP contribution in [0, 0.1) is 10.5 Å². The monoisotopic (exact) mass is 411 g/mol. The number of fused-ring (bicyclic) bond motifs is 1. The highest BCUT2D eigenvalue weighted by Gasteiger charge is 2.31. The van der Waals surface area contributed by atoms with Crippen LogP contribution in [0.3, 0.4) is 0 Å². The number of halogens is 1. The van der Waals surface area contributed by atoms with Crippen molar-refractivity contribution >= 4 is 39.8 Å². The zero-order valence-electron chi connectivity index (χ0n) is 12.2. The first kappa shape index (κ1) is 15.0. The molecule has 2 heterocycles. The maximum atomic E-state index is 13.0. The summed E-state index contributed by atoms with van der Waals surface area (Å²) in [6.07, 6.45) is 1.95. The first-order valence-corrected chi connectivity index (χ1v) is 9.21. The summed E-state index contributed by atoms with van der Waals surface area (Å²) in [5, 5.41) is 2.15. The number of thiophene rings is 1. The smallest absolute Gasteiger partial charge is 0.255 e. The lowest BCUT2D eigenvalue weighted by atomic mass is 9.96. The van der Waals surface area contributed by atoms with E-state index in [9.17, 15) is 4.79 Å². The van der Waals surface area contributed by atoms with Crippen molar-refractivity contribution in [3.8, 4) is 0 Å². The maximum Gasteiger partial charge on any atom is 0.255 e. The molecule has 1 aliphatic rings. The number of hydrogen-bond donors (Lipinski definition) is 0. The van der Waals surface area contributed by atoms with E-state index in [0.717, 1.165) is 28.5 Å². The molecule has 0 radical (unpaired) electrons. The van der Waals surface area contributed by atoms with Gasteiger partial charge in [0, 0.05) is 15.0 Å². The molecule has 0 spiro atoms. The van der Waals surface area contributed by atoms with Crippen molar-refractivity contribution in [1.29, 1.82) is 0 Å². The van der Waals surface area contributed by atoms with Gasteiger partial charge in [0.05, 0.1) is 11.6 Å². The number of benzene rings is 1. The fourth-order valence-corrected chi connectivity index (χ4v) is 4.57. The highest BCUT2D eigenvalue weighted by Crippen LogP contribution is 2.36. The Balaban J connectivity index is 1.97. The van der Waals surface area contributed by atoms with Gasteiger partial charge in [-0.3, -0.25) is 4.79 Å². The molecule has 0 saturated carbocycles. The minimum atomic E-state index is 0.173. The zero-order valence-corrected chi connectivity index (χ0v) is 15.2. The second-order valence-electron chi connectivity index (χ2n) is 5.41. The zero-order chi connectivity index (χ0) is 15.0. The molecule has 0 saturated heterocycles. The molecule has 2 nitrogen and oxygen atoms in total. The minimum Gasteiger partial charge on any atom is -0.331 e. The predicted molar refractivity (Wildman–Crippen MR) is 96.0 cm³/mol. The van der Waals surface area contributed by atoms with E-state index in [1.54, 1.807) is 0 Å². The van der Waals surface area contributed by atoms with Crippen LogP contribution in [0.5, 0.6) is 0 Å². The fraction of sp³-hybridized carbons (Fsp3) is 0.353. The van der Waals surface area contributed by atoms with Gasteiger partial charge in [-0.1, -0.05) is 19.1 Å². The predicted octanol–water partition coefficient (Wildman–Crippen LogP) is 4.81. The molecule has 1 aromatic carbocycles. The first-order chi connectivity index (χ1) is 10.1. The van der Waals surface area contributed by atoms with E-state index >= 15 is 0 Å². The summed E-state index contributed by atoms with van der Waals surface area (Å²) >= 11 is 4.11. The van der Waals surface area contributed by atoms with E-state index in [1.165, 1.54) is 16.0 Å². The van der Waals surface area contributed by atoms with Crippen molar-refractivity contribution in [2.45, 2.75) is 32.7 Å². The van der Waals surface area contributed by atoms with Crippen molar-refractivity contribution in [3.63, 3.8) is 0 Å². The summed E-state index contributed by atoms with van der Waals surface area (Å²) in [5.74, 6) is 0.173. The third-order valence-electron chi connectivity index (χ3n) is 4.16. The van der Waals surface area contributed by atoms with Crippen LogP contribution < -0.4 is 0 Å². The van der Waals surface area contributed by atoms with Crippen molar-refractivity contribution < 1.29 is 4.79 Å². The van der Waals surface area contributed by atoms with Crippen LogP contribution in [0.1, 0.15) is 45.7 Å². The minimum absolute atomic E-state index is 0.173. The Morgan fingerprint density at radius 2 is 2.24 bits per heavy atom. The van der Waals surface area contributed by atoms with Gasteiger partial charge in [0.15, 0.2) is 0 Å². The number of hydrogen-bond acceptors (Lipinski definition) is 2. The van der Waals surface area contributed by atoms with Crippen LogP contribution in [-0.4, -0.2) is 17.4 Å². The lowest BCUT2D eigenvalue weighted by Gasteiger charge is -2.35. The second-order valence-corrected chi connectivity index (χ2v) is 7.49. The van der Waals surface area contributed by atoms with Gasteiger partial charge in [-0.05, 0) is 71.0 Å². The SMILES string of the molecule is CCC1c2ccsc2CCN1C(=O)c1cccc(C)c1I. The number of carbonyl (C=O) groups is 1. The van der Waals surface area contributed by atoms with E-state index in [-0.39, 0.29) is 11.9 Å². The lowest BCUT2D eigenvalue weighted by molar-refractivity contribution is 0.0656. The third kappa shape index (κ3) is 2.63. The van der Waals surface area contributed by atoms with E-state index in [2.05, 4.69) is 58.9 Å². The summed E-state index contributed by atoms with van der Waals surface area (Å²) in [6, 6.07) is 8.40. The number of carbonyl (C=O) groups excluding carboxylic acids is 1. The third-order valence-corrected chi connectivity index (χ3v) is 6.59. The quantitative estimate of drug-likeness (QED) is 0.650. The van der Waals surface area contributed by atoms with E-state index < -0.39 is 0 Å². The van der Waals surface area contributed by atoms with E-state index in [4.69, 9.17) is 0 Å². The Hall–Kier alpha value is -0.880. The Kier molecular flexibility index (Phi) is 4.36. The van der Waals surface area contributed by atoms with Crippen molar-refractivity contribution in [2.24, 2.45) is 0 Å². The Morgan fingerprint density at radius 3 is 3.00 bits per heavy atom. The number of amides is 1. The molecule has 0 bridgehead atoms. The second kappa shape index (κ2) is 6.08. The number of rotatable bonds is 2. The van der Waals surface area contributed by atoms with Crippen molar-refractivity contribution in [1.82, 2.24) is 4.90 Å². The molecule has 2 aromatic rings. The lowest BCUT2D eigenvalue weighted by Crippen LogP contribution is -2.39. The van der Waals surface area contributed by atoms with Crippen molar-refractivity contribution in [2.75, 3.05) is 6.54 Å². The molecular weight excluding hydrogens is 393 g/mol. The average Bonchev–Trinajstić information content (AvgIpc) is 2.96. The van der Waals surface area contributed by atoms with Crippen LogP contribution in [0.2, 0.25) is 0 Å². The Bertz CT molecular complexity index is 679. The highest BCUT2D eigenvalue weighted by atomic mass is 127. The van der Waals surface area contributed by atoms with Gasteiger partial charge in [-0.25, -0.2) is 0 Å². The molecule has 1 aromatic heterocycles. The molecule has 0 aliphatic carbocycles. The highest BCUT2D eigenvalue weighted by molar-refractivity contribution is 14.1. The van der Waals surface area contributed by atoms with Crippen LogP contribution in [0.4, 0.5) is 0 Å². The van der Waals surface area contributed by atoms with Crippen LogP contribution in [0.15, 0.2) is 29.6 Å². The Morgan fingerprint density at radius 1 is 1.43 bits per heavy atom. The standard InChI is InChI=1S/C17H18INOS/c1-3-14-12-8-10-21-15(12)7-9-19(14)17(20)13-6-4-5-11(2)16(13)18/h4-6,8,10,14H,3,7,9H2,1-2H3. The largest absolute Gasteiger partial charge is 0.331 e. The van der Waals surface area contributed by atoms with E-state index in [1.807, 2.05) is 23.5 Å². The molecule has 4 heteroatoms. The van der Waals surface area contributed by atoms with Gasteiger partial charge in [0.2, 0.25) is 0 Å². The molecule has 1 aliphatic heterocycles. The van der Waals surface area contributed by atoms with Crippen LogP contribution in [-0.2, 0) is 6.42 Å². The van der Waals surface area contributed by atoms with Crippen LogP contribution in [0.25, 0.3) is 0 Å². The van der Waals surface area contributed by atoms with Gasteiger partial charge >= 0.3 is 0 Å². The number of nitrogens with zero attached hydrogens (tertiary/aromatic N) is 1. The molecule has 1 amide bonds. The first-order valence-electron chi connectivity index (χ1n) is 7.25. The molecule has 0 N–H and O–H groups in total. The Labute approximate surface area is 143 Å². The summed E-state index contributed by atoms with van der Waals surface area (Å²) in [6.45, 7) is 5.05. The van der Waals surface area contributed by atoms with Gasteiger partial charge in [-0.15, -0.1) is 11.3 Å². The van der Waals surface area contributed by atoms with Gasteiger partial charge in [-0.2, -0.15) is 0 Å². The molecule has 0 fully saturated rings. The number of aryl methyl sites for hydroxylation is 1. The van der Waals surface area contributed by atoms with Gasteiger partial charge < -0.3 is 4.90 Å². The summed E-state index contributed by atoms with van der Waals surface area (Å²) in [4.78, 5) is 16.5. The summed E-state index contributed by atoms with van der Waals surface area (Å²) < 4.78 is 1.08. The summed E-state index contributed by atoms with van der Waals surface area (Å²) in [7, 11) is 0. The van der Waals surface area contributed by atoms with E-state index in [0.29, 0.717) is 0 Å². The normalized spacial score (nSPS) is 17.7. The topological polar surface area (TPSA) is 20.3 Å². The molecule has 110 valence electrons. The van der Waals surface area contributed by atoms with Crippen molar-refractivity contribution in [3.05, 3.63) is 54.8 Å². The molecule has 1 atom stereocenters. The molecule has 3 rings (SSSR count). The molecule has 1 unspecified atom stereocenters. The van der Waals surface area contributed by atoms with Crippen LogP contribution >= 0.6 is 33.9 Å².